The predicted octanol–water partition coefficient (Wildman–Crippen LogP) is 3.81. The smallest absolute Gasteiger partial charge is 0.374 e. The molecule has 3 aromatic rings. The van der Waals surface area contributed by atoms with Gasteiger partial charge >= 0.3 is 5.97 Å². The number of methoxy groups -OCH3 is 1. The number of ether oxygens (including phenoxy) is 2. The minimum Gasteiger partial charge on any atom is -0.460 e. The number of para-hydroxylation sites is 1. The van der Waals surface area contributed by atoms with Crippen LogP contribution in [0.4, 0.5) is 0 Å². The number of rotatable bonds is 8. The second-order valence-corrected chi connectivity index (χ2v) is 6.99. The molecule has 0 N–H and O–H groups in total. The molecular formula is C23H21NO6. The van der Waals surface area contributed by atoms with E-state index in [1.807, 2.05) is 18.2 Å². The molecule has 0 saturated carbocycles. The molecule has 0 saturated heterocycles. The molecular weight excluding hydrogens is 386 g/mol. The zero-order chi connectivity index (χ0) is 21.1. The van der Waals surface area contributed by atoms with Crippen molar-refractivity contribution in [3.8, 4) is 0 Å². The average Bonchev–Trinajstić information content (AvgIpc) is 3.25. The number of esters is 1. The van der Waals surface area contributed by atoms with Crippen LogP contribution in [0.5, 0.6) is 0 Å². The molecule has 2 amide bonds. The van der Waals surface area contributed by atoms with Crippen molar-refractivity contribution >= 4 is 28.8 Å². The van der Waals surface area contributed by atoms with Gasteiger partial charge in [-0.2, -0.15) is 0 Å². The first-order valence-electron chi connectivity index (χ1n) is 9.73. The van der Waals surface area contributed by atoms with Crippen LogP contribution < -0.4 is 0 Å². The summed E-state index contributed by atoms with van der Waals surface area (Å²) in [7, 11) is 1.55. The van der Waals surface area contributed by atoms with E-state index < -0.39 is 5.97 Å². The lowest BCUT2D eigenvalue weighted by Gasteiger charge is -2.13. The van der Waals surface area contributed by atoms with E-state index in [1.165, 1.54) is 4.90 Å². The number of hydrogen-bond donors (Lipinski definition) is 0. The van der Waals surface area contributed by atoms with Gasteiger partial charge in [0.1, 0.15) is 5.58 Å². The first kappa shape index (κ1) is 19.8. The number of amides is 2. The van der Waals surface area contributed by atoms with Gasteiger partial charge in [0.25, 0.3) is 11.8 Å². The quantitative estimate of drug-likeness (QED) is 0.321. The van der Waals surface area contributed by atoms with Crippen LogP contribution in [0.2, 0.25) is 0 Å². The normalized spacial score (nSPS) is 13.2. The largest absolute Gasteiger partial charge is 0.460 e. The van der Waals surface area contributed by atoms with Gasteiger partial charge < -0.3 is 13.9 Å². The minimum absolute atomic E-state index is 0.137. The Labute approximate surface area is 173 Å². The number of fused-ring (bicyclic) bond motifs is 2. The molecule has 0 unspecified atom stereocenters. The maximum Gasteiger partial charge on any atom is 0.374 e. The van der Waals surface area contributed by atoms with Crippen molar-refractivity contribution in [3.05, 3.63) is 71.0 Å². The number of benzene rings is 2. The average molecular weight is 407 g/mol. The molecule has 4 rings (SSSR count). The molecule has 7 heteroatoms. The summed E-state index contributed by atoms with van der Waals surface area (Å²) in [5.74, 6) is -0.976. The summed E-state index contributed by atoms with van der Waals surface area (Å²) in [5.41, 5.74) is 2.13. The van der Waals surface area contributed by atoms with E-state index in [1.54, 1.807) is 37.4 Å². The highest BCUT2D eigenvalue weighted by Gasteiger charge is 2.34. The number of unbranched alkanes of at least 4 members (excludes halogenated alkanes) is 1. The van der Waals surface area contributed by atoms with Gasteiger partial charge in [0, 0.05) is 24.6 Å². The first-order valence-corrected chi connectivity index (χ1v) is 9.73. The van der Waals surface area contributed by atoms with E-state index in [4.69, 9.17) is 13.9 Å². The second-order valence-electron chi connectivity index (χ2n) is 6.99. The van der Waals surface area contributed by atoms with Crippen LogP contribution in [0, 0.1) is 0 Å². The number of hydrogen-bond acceptors (Lipinski definition) is 6. The molecule has 0 spiro atoms. The third-order valence-electron chi connectivity index (χ3n) is 5.06. The van der Waals surface area contributed by atoms with Crippen molar-refractivity contribution in [2.75, 3.05) is 20.3 Å². The van der Waals surface area contributed by atoms with Crippen molar-refractivity contribution in [1.29, 1.82) is 0 Å². The molecule has 0 bridgehead atoms. The van der Waals surface area contributed by atoms with Gasteiger partial charge in [-0.05, 0) is 31.0 Å². The Hall–Kier alpha value is -3.45. The van der Waals surface area contributed by atoms with Gasteiger partial charge in [0.15, 0.2) is 0 Å². The number of imide groups is 1. The van der Waals surface area contributed by atoms with E-state index in [2.05, 4.69) is 0 Å². The molecule has 0 atom stereocenters. The van der Waals surface area contributed by atoms with Crippen LogP contribution in [-0.4, -0.2) is 42.9 Å². The Morgan fingerprint density at radius 2 is 1.63 bits per heavy atom. The molecule has 1 aliphatic rings. The molecule has 1 aliphatic heterocycles. The number of furan rings is 1. The molecule has 30 heavy (non-hydrogen) atoms. The Morgan fingerprint density at radius 3 is 2.33 bits per heavy atom. The monoisotopic (exact) mass is 407 g/mol. The van der Waals surface area contributed by atoms with Crippen LogP contribution in [0.15, 0.2) is 52.9 Å². The SMILES string of the molecule is COCc1c(C(=O)OCCCCN2C(=O)c3ccccc3C2=O)oc2ccccc12. The second kappa shape index (κ2) is 8.51. The Bertz CT molecular complexity index is 1080. The van der Waals surface area contributed by atoms with Gasteiger partial charge in [-0.3, -0.25) is 14.5 Å². The van der Waals surface area contributed by atoms with Gasteiger partial charge in [-0.15, -0.1) is 0 Å². The number of carbonyl (C=O) groups is 3. The highest BCUT2D eigenvalue weighted by molar-refractivity contribution is 6.21. The summed E-state index contributed by atoms with van der Waals surface area (Å²) in [4.78, 5) is 38.4. The van der Waals surface area contributed by atoms with Gasteiger partial charge in [0.2, 0.25) is 5.76 Å². The van der Waals surface area contributed by atoms with Crippen molar-refractivity contribution in [2.24, 2.45) is 0 Å². The van der Waals surface area contributed by atoms with Gasteiger partial charge in [0.05, 0.1) is 24.3 Å². The van der Waals surface area contributed by atoms with Crippen molar-refractivity contribution in [1.82, 2.24) is 4.90 Å². The van der Waals surface area contributed by atoms with Gasteiger partial charge in [-0.1, -0.05) is 30.3 Å². The summed E-state index contributed by atoms with van der Waals surface area (Å²) in [6.07, 6.45) is 1.04. The summed E-state index contributed by atoms with van der Waals surface area (Å²) in [5, 5.41) is 0.817. The molecule has 2 aromatic carbocycles. The van der Waals surface area contributed by atoms with E-state index in [0.717, 1.165) is 5.39 Å². The Balaban J connectivity index is 1.31. The fourth-order valence-corrected chi connectivity index (χ4v) is 3.60. The highest BCUT2D eigenvalue weighted by Crippen LogP contribution is 2.27. The van der Waals surface area contributed by atoms with E-state index >= 15 is 0 Å². The number of nitrogens with zero attached hydrogens (tertiary/aromatic N) is 1. The maximum atomic E-state index is 12.5. The zero-order valence-electron chi connectivity index (χ0n) is 16.6. The van der Waals surface area contributed by atoms with E-state index in [0.29, 0.717) is 35.1 Å². The lowest BCUT2D eigenvalue weighted by atomic mass is 10.1. The molecule has 154 valence electrons. The third kappa shape index (κ3) is 3.59. The van der Waals surface area contributed by atoms with Crippen molar-refractivity contribution in [2.45, 2.75) is 19.4 Å². The molecule has 7 nitrogen and oxygen atoms in total. The van der Waals surface area contributed by atoms with Crippen LogP contribution in [0.3, 0.4) is 0 Å². The van der Waals surface area contributed by atoms with E-state index in [9.17, 15) is 14.4 Å². The van der Waals surface area contributed by atoms with Crippen LogP contribution in [-0.2, 0) is 16.1 Å². The van der Waals surface area contributed by atoms with Crippen LogP contribution >= 0.6 is 0 Å². The predicted molar refractivity (Wildman–Crippen MR) is 108 cm³/mol. The Morgan fingerprint density at radius 1 is 0.967 bits per heavy atom. The molecule has 1 aromatic heterocycles. The fourth-order valence-electron chi connectivity index (χ4n) is 3.60. The Kier molecular flexibility index (Phi) is 5.63. The maximum absolute atomic E-state index is 12.5. The topological polar surface area (TPSA) is 86.0 Å². The molecule has 0 radical (unpaired) electrons. The summed E-state index contributed by atoms with van der Waals surface area (Å²) < 4.78 is 16.2. The first-order chi connectivity index (χ1) is 14.6. The van der Waals surface area contributed by atoms with Gasteiger partial charge in [-0.25, -0.2) is 4.79 Å². The number of carbonyl (C=O) groups excluding carboxylic acids is 3. The molecule has 0 aliphatic carbocycles. The van der Waals surface area contributed by atoms with Crippen LogP contribution in [0.25, 0.3) is 11.0 Å². The van der Waals surface area contributed by atoms with Crippen LogP contribution in [0.1, 0.15) is 49.7 Å². The summed E-state index contributed by atoms with van der Waals surface area (Å²) in [6.45, 7) is 0.677. The third-order valence-corrected chi connectivity index (χ3v) is 5.06. The van der Waals surface area contributed by atoms with E-state index in [-0.39, 0.29) is 37.3 Å². The van der Waals surface area contributed by atoms with Crippen molar-refractivity contribution in [3.63, 3.8) is 0 Å². The standard InChI is InChI=1S/C23H21NO6/c1-28-14-18-15-8-4-5-11-19(15)30-20(18)23(27)29-13-7-6-12-24-21(25)16-9-2-3-10-17(16)22(24)26/h2-5,8-11H,6-7,12-14H2,1H3. The highest BCUT2D eigenvalue weighted by atomic mass is 16.5. The molecule has 0 fully saturated rings. The fraction of sp³-hybridized carbons (Fsp3) is 0.261. The lowest BCUT2D eigenvalue weighted by Crippen LogP contribution is -2.30. The zero-order valence-corrected chi connectivity index (χ0v) is 16.6. The lowest BCUT2D eigenvalue weighted by molar-refractivity contribution is 0.0448. The summed E-state index contributed by atoms with van der Waals surface area (Å²) >= 11 is 0. The summed E-state index contributed by atoms with van der Waals surface area (Å²) in [6, 6.07) is 14.1. The van der Waals surface area contributed by atoms with Crippen molar-refractivity contribution < 1.29 is 28.3 Å². The minimum atomic E-state index is -0.556. The molecule has 2 heterocycles.